The van der Waals surface area contributed by atoms with Crippen molar-refractivity contribution < 1.29 is 9.84 Å². The van der Waals surface area contributed by atoms with Gasteiger partial charge in [-0.2, -0.15) is 0 Å². The lowest BCUT2D eigenvalue weighted by molar-refractivity contribution is 0.178. The Balaban J connectivity index is 2.21. The molecule has 1 N–H and O–H groups in total. The normalized spacial score (nSPS) is 12.2. The second-order valence-corrected chi connectivity index (χ2v) is 5.60. The van der Waals surface area contributed by atoms with Gasteiger partial charge >= 0.3 is 0 Å². The molecule has 2 aromatic rings. The molecule has 106 valence electrons. The van der Waals surface area contributed by atoms with E-state index in [0.717, 1.165) is 11.1 Å². The van der Waals surface area contributed by atoms with Crippen molar-refractivity contribution in [3.63, 3.8) is 0 Å². The van der Waals surface area contributed by atoms with Crippen LogP contribution >= 0.6 is 34.8 Å². The van der Waals surface area contributed by atoms with E-state index in [0.29, 0.717) is 27.2 Å². The number of aliphatic hydroxyl groups is 1. The van der Waals surface area contributed by atoms with Gasteiger partial charge in [-0.15, -0.1) is 0 Å². The zero-order chi connectivity index (χ0) is 14.7. The van der Waals surface area contributed by atoms with E-state index in [1.807, 2.05) is 0 Å². The van der Waals surface area contributed by atoms with Crippen molar-refractivity contribution in [2.75, 3.05) is 7.11 Å². The summed E-state index contributed by atoms with van der Waals surface area (Å²) in [5.41, 5.74) is 1.55. The summed E-state index contributed by atoms with van der Waals surface area (Å²) in [6.07, 6.45) is -0.305. The summed E-state index contributed by atoms with van der Waals surface area (Å²) < 4.78 is 5.14. The van der Waals surface area contributed by atoms with Gasteiger partial charge in [0.05, 0.1) is 18.2 Å². The highest BCUT2D eigenvalue weighted by atomic mass is 35.5. The van der Waals surface area contributed by atoms with Crippen LogP contribution in [0.4, 0.5) is 0 Å². The molecule has 0 bridgehead atoms. The number of hydrogen-bond donors (Lipinski definition) is 1. The van der Waals surface area contributed by atoms with Crippen LogP contribution in [0.3, 0.4) is 0 Å². The summed E-state index contributed by atoms with van der Waals surface area (Å²) in [6.45, 7) is 0. The third-order valence-electron chi connectivity index (χ3n) is 2.99. The second kappa shape index (κ2) is 6.68. The minimum absolute atomic E-state index is 0.390. The molecule has 0 aliphatic rings. The van der Waals surface area contributed by atoms with Crippen LogP contribution in [-0.4, -0.2) is 12.2 Å². The monoisotopic (exact) mass is 330 g/mol. The molecule has 0 aliphatic heterocycles. The molecule has 0 heterocycles. The molecule has 2 nitrogen and oxygen atoms in total. The fourth-order valence-electron chi connectivity index (χ4n) is 1.90. The first-order chi connectivity index (χ1) is 9.51. The van der Waals surface area contributed by atoms with Gasteiger partial charge in [-0.25, -0.2) is 0 Å². The Morgan fingerprint density at radius 1 is 1.05 bits per heavy atom. The fourth-order valence-corrected chi connectivity index (χ4v) is 2.58. The quantitative estimate of drug-likeness (QED) is 0.860. The molecule has 2 aromatic carbocycles. The van der Waals surface area contributed by atoms with E-state index in [9.17, 15) is 5.11 Å². The average molecular weight is 332 g/mol. The van der Waals surface area contributed by atoms with Crippen molar-refractivity contribution in [3.8, 4) is 5.75 Å². The Morgan fingerprint density at radius 2 is 1.80 bits per heavy atom. The van der Waals surface area contributed by atoms with E-state index in [1.54, 1.807) is 36.4 Å². The molecule has 0 radical (unpaired) electrons. The van der Waals surface area contributed by atoms with E-state index >= 15 is 0 Å². The third-order valence-corrected chi connectivity index (χ3v) is 3.89. The molecule has 0 saturated heterocycles. The molecular weight excluding hydrogens is 319 g/mol. The van der Waals surface area contributed by atoms with Crippen LogP contribution in [0.15, 0.2) is 36.4 Å². The van der Waals surface area contributed by atoms with Crippen LogP contribution in [0, 0.1) is 0 Å². The maximum Gasteiger partial charge on any atom is 0.137 e. The minimum atomic E-state index is -0.695. The maximum absolute atomic E-state index is 10.3. The lowest BCUT2D eigenvalue weighted by atomic mass is 10.0. The van der Waals surface area contributed by atoms with E-state index < -0.39 is 6.10 Å². The standard InChI is InChI=1S/C15H13Cl3O2/c1-20-15-7-10(3-5-12(15)17)14(19)6-9-2-4-11(16)8-13(9)18/h2-5,7-8,14,19H,6H2,1H3. The van der Waals surface area contributed by atoms with E-state index in [-0.39, 0.29) is 0 Å². The molecule has 2 rings (SSSR count). The summed E-state index contributed by atoms with van der Waals surface area (Å²) in [6, 6.07) is 10.4. The fraction of sp³-hybridized carbons (Fsp3) is 0.200. The Morgan fingerprint density at radius 3 is 2.45 bits per heavy atom. The summed E-state index contributed by atoms with van der Waals surface area (Å²) in [5, 5.41) is 11.9. The van der Waals surface area contributed by atoms with E-state index in [2.05, 4.69) is 0 Å². The lowest BCUT2D eigenvalue weighted by Crippen LogP contribution is -2.03. The van der Waals surface area contributed by atoms with Gasteiger partial charge in [0, 0.05) is 16.5 Å². The predicted molar refractivity (Wildman–Crippen MR) is 83.1 cm³/mol. The molecule has 20 heavy (non-hydrogen) atoms. The van der Waals surface area contributed by atoms with Crippen LogP contribution in [0.5, 0.6) is 5.75 Å². The number of benzene rings is 2. The van der Waals surface area contributed by atoms with E-state index in [4.69, 9.17) is 39.5 Å². The van der Waals surface area contributed by atoms with Gasteiger partial charge < -0.3 is 9.84 Å². The van der Waals surface area contributed by atoms with Gasteiger partial charge in [0.15, 0.2) is 0 Å². The molecular formula is C15H13Cl3O2. The number of hydrogen-bond acceptors (Lipinski definition) is 2. The van der Waals surface area contributed by atoms with Crippen molar-refractivity contribution in [1.29, 1.82) is 0 Å². The first-order valence-corrected chi connectivity index (χ1v) is 7.10. The van der Waals surface area contributed by atoms with Crippen molar-refractivity contribution in [1.82, 2.24) is 0 Å². The smallest absolute Gasteiger partial charge is 0.137 e. The van der Waals surface area contributed by atoms with Crippen LogP contribution in [-0.2, 0) is 6.42 Å². The SMILES string of the molecule is COc1cc(C(O)Cc2ccc(Cl)cc2Cl)ccc1Cl. The van der Waals surface area contributed by atoms with Crippen LogP contribution in [0.25, 0.3) is 0 Å². The highest BCUT2D eigenvalue weighted by Gasteiger charge is 2.13. The van der Waals surface area contributed by atoms with Gasteiger partial charge in [0.2, 0.25) is 0 Å². The minimum Gasteiger partial charge on any atom is -0.495 e. The molecule has 5 heteroatoms. The van der Waals surface area contributed by atoms with Crippen LogP contribution in [0.1, 0.15) is 17.2 Å². The number of rotatable bonds is 4. The number of halogens is 3. The Labute approximate surface area is 132 Å². The molecule has 0 spiro atoms. The van der Waals surface area contributed by atoms with Crippen LogP contribution < -0.4 is 4.74 Å². The average Bonchev–Trinajstić information content (AvgIpc) is 2.42. The number of aliphatic hydroxyl groups excluding tert-OH is 1. The summed E-state index contributed by atoms with van der Waals surface area (Å²) in [5.74, 6) is 0.533. The Hall–Kier alpha value is -0.930. The van der Waals surface area contributed by atoms with Crippen molar-refractivity contribution in [3.05, 3.63) is 62.6 Å². The third kappa shape index (κ3) is 3.58. The van der Waals surface area contributed by atoms with Gasteiger partial charge in [-0.1, -0.05) is 46.9 Å². The van der Waals surface area contributed by atoms with Crippen molar-refractivity contribution in [2.24, 2.45) is 0 Å². The van der Waals surface area contributed by atoms with Crippen molar-refractivity contribution >= 4 is 34.8 Å². The summed E-state index contributed by atoms with van der Waals surface area (Å²) in [4.78, 5) is 0. The molecule has 0 fully saturated rings. The van der Waals surface area contributed by atoms with Gasteiger partial charge in [-0.05, 0) is 35.4 Å². The molecule has 0 aliphatic carbocycles. The molecule has 0 aromatic heterocycles. The second-order valence-electron chi connectivity index (χ2n) is 4.35. The largest absolute Gasteiger partial charge is 0.495 e. The first-order valence-electron chi connectivity index (χ1n) is 5.96. The highest BCUT2D eigenvalue weighted by molar-refractivity contribution is 6.35. The van der Waals surface area contributed by atoms with Gasteiger partial charge in [-0.3, -0.25) is 0 Å². The Bertz CT molecular complexity index is 614. The van der Waals surface area contributed by atoms with Gasteiger partial charge in [0.25, 0.3) is 0 Å². The first kappa shape index (κ1) is 15.5. The number of ether oxygens (including phenoxy) is 1. The molecule has 0 amide bonds. The van der Waals surface area contributed by atoms with E-state index in [1.165, 1.54) is 7.11 Å². The molecule has 0 saturated carbocycles. The lowest BCUT2D eigenvalue weighted by Gasteiger charge is -2.14. The zero-order valence-corrected chi connectivity index (χ0v) is 13.0. The molecule has 1 atom stereocenters. The van der Waals surface area contributed by atoms with Crippen molar-refractivity contribution in [2.45, 2.75) is 12.5 Å². The molecule has 1 unspecified atom stereocenters. The number of methoxy groups -OCH3 is 1. The summed E-state index contributed by atoms with van der Waals surface area (Å²) >= 11 is 17.9. The Kier molecular flexibility index (Phi) is 5.17. The summed E-state index contributed by atoms with van der Waals surface area (Å²) in [7, 11) is 1.54. The van der Waals surface area contributed by atoms with Gasteiger partial charge in [0.1, 0.15) is 5.75 Å². The predicted octanol–water partition coefficient (Wildman–Crippen LogP) is 4.93. The topological polar surface area (TPSA) is 29.5 Å². The highest BCUT2D eigenvalue weighted by Crippen LogP contribution is 2.30. The zero-order valence-electron chi connectivity index (χ0n) is 10.7. The van der Waals surface area contributed by atoms with Crippen LogP contribution in [0.2, 0.25) is 15.1 Å². The maximum atomic E-state index is 10.3.